The van der Waals surface area contributed by atoms with Gasteiger partial charge in [0.1, 0.15) is 5.75 Å². The molecule has 0 atom stereocenters. The molecule has 0 aromatic heterocycles. The fourth-order valence-electron chi connectivity index (χ4n) is 2.47. The van der Waals surface area contributed by atoms with E-state index in [9.17, 15) is 13.6 Å². The van der Waals surface area contributed by atoms with Crippen molar-refractivity contribution in [3.05, 3.63) is 59.3 Å². The Hall–Kier alpha value is -3.42. The van der Waals surface area contributed by atoms with E-state index in [0.717, 1.165) is 0 Å². The zero-order chi connectivity index (χ0) is 19.4. The van der Waals surface area contributed by atoms with Gasteiger partial charge in [0.2, 0.25) is 5.90 Å². The van der Waals surface area contributed by atoms with Gasteiger partial charge in [0.15, 0.2) is 17.2 Å². The maximum absolute atomic E-state index is 12.5. The van der Waals surface area contributed by atoms with Crippen molar-refractivity contribution in [3.8, 4) is 17.2 Å². The minimum Gasteiger partial charge on any atom is -0.496 e. The van der Waals surface area contributed by atoms with Crippen LogP contribution < -0.4 is 14.2 Å². The summed E-state index contributed by atoms with van der Waals surface area (Å²) in [6.07, 6.45) is 1.41. The minimum absolute atomic E-state index is 0.0177. The first-order valence-electron chi connectivity index (χ1n) is 7.80. The van der Waals surface area contributed by atoms with Crippen LogP contribution in [0.25, 0.3) is 6.08 Å². The Morgan fingerprint density at radius 3 is 2.48 bits per heavy atom. The molecule has 140 valence electrons. The number of aliphatic imine (C=N–C) groups is 1. The topological polar surface area (TPSA) is 66.3 Å². The highest BCUT2D eigenvalue weighted by atomic mass is 19.3. The van der Waals surface area contributed by atoms with Gasteiger partial charge in [0, 0.05) is 0 Å². The lowest BCUT2D eigenvalue weighted by molar-refractivity contribution is -0.129. The second kappa shape index (κ2) is 7.86. The molecular formula is C19H15F2NO5. The number of cyclic esters (lactones) is 1. The summed E-state index contributed by atoms with van der Waals surface area (Å²) < 4.78 is 44.9. The van der Waals surface area contributed by atoms with E-state index in [2.05, 4.69) is 9.73 Å². The van der Waals surface area contributed by atoms with E-state index >= 15 is 0 Å². The van der Waals surface area contributed by atoms with Crippen LogP contribution in [0.15, 0.2) is 53.2 Å². The van der Waals surface area contributed by atoms with Crippen molar-refractivity contribution in [1.82, 2.24) is 0 Å². The molecule has 6 nitrogen and oxygen atoms in total. The quantitative estimate of drug-likeness (QED) is 0.570. The summed E-state index contributed by atoms with van der Waals surface area (Å²) in [6.45, 7) is -3.01. The molecule has 0 N–H and O–H groups in total. The van der Waals surface area contributed by atoms with Crippen LogP contribution in [-0.2, 0) is 9.53 Å². The highest BCUT2D eigenvalue weighted by Gasteiger charge is 2.26. The van der Waals surface area contributed by atoms with E-state index in [0.29, 0.717) is 16.9 Å². The fourth-order valence-corrected chi connectivity index (χ4v) is 2.47. The Labute approximate surface area is 153 Å². The molecule has 1 aliphatic heterocycles. The van der Waals surface area contributed by atoms with Gasteiger partial charge in [-0.3, -0.25) is 0 Å². The minimum atomic E-state index is -3.01. The van der Waals surface area contributed by atoms with E-state index in [1.54, 1.807) is 30.3 Å². The van der Waals surface area contributed by atoms with Gasteiger partial charge in [-0.15, -0.1) is 0 Å². The summed E-state index contributed by atoms with van der Waals surface area (Å²) in [4.78, 5) is 16.3. The molecule has 0 spiro atoms. The summed E-state index contributed by atoms with van der Waals surface area (Å²) in [6, 6.07) is 11.3. The first-order chi connectivity index (χ1) is 13.0. The number of ether oxygens (including phenoxy) is 4. The van der Waals surface area contributed by atoms with Crippen LogP contribution in [-0.4, -0.2) is 32.7 Å². The molecule has 27 heavy (non-hydrogen) atoms. The predicted molar refractivity (Wildman–Crippen MR) is 93.2 cm³/mol. The third-order valence-corrected chi connectivity index (χ3v) is 3.67. The lowest BCUT2D eigenvalue weighted by atomic mass is 10.1. The number of carbonyl (C=O) groups is 1. The van der Waals surface area contributed by atoms with Gasteiger partial charge in [0.25, 0.3) is 0 Å². The van der Waals surface area contributed by atoms with Crippen molar-refractivity contribution in [3.63, 3.8) is 0 Å². The summed E-state index contributed by atoms with van der Waals surface area (Å²) in [5, 5.41) is 0. The Morgan fingerprint density at radius 2 is 1.78 bits per heavy atom. The lowest BCUT2D eigenvalue weighted by Crippen LogP contribution is -2.06. The smallest absolute Gasteiger partial charge is 0.387 e. The highest BCUT2D eigenvalue weighted by molar-refractivity contribution is 6.13. The number of hydrogen-bond donors (Lipinski definition) is 0. The monoisotopic (exact) mass is 375 g/mol. The van der Waals surface area contributed by atoms with Crippen molar-refractivity contribution in [2.45, 2.75) is 6.61 Å². The second-order valence-electron chi connectivity index (χ2n) is 5.33. The lowest BCUT2D eigenvalue weighted by Gasteiger charge is -2.10. The molecular weight excluding hydrogens is 360 g/mol. The summed E-state index contributed by atoms with van der Waals surface area (Å²) in [5.41, 5.74) is 0.959. The molecule has 0 radical (unpaired) electrons. The maximum Gasteiger partial charge on any atom is 0.387 e. The Balaban J connectivity index is 1.95. The first-order valence-corrected chi connectivity index (χ1v) is 7.80. The van der Waals surface area contributed by atoms with Crippen LogP contribution in [0.3, 0.4) is 0 Å². The van der Waals surface area contributed by atoms with Gasteiger partial charge in [-0.1, -0.05) is 18.2 Å². The van der Waals surface area contributed by atoms with Crippen LogP contribution in [0.4, 0.5) is 8.78 Å². The molecule has 2 aromatic carbocycles. The van der Waals surface area contributed by atoms with E-state index in [1.807, 2.05) is 0 Å². The molecule has 0 fully saturated rings. The van der Waals surface area contributed by atoms with Crippen molar-refractivity contribution in [2.24, 2.45) is 4.99 Å². The number of esters is 1. The Kier molecular flexibility index (Phi) is 5.35. The van der Waals surface area contributed by atoms with E-state index in [4.69, 9.17) is 14.2 Å². The van der Waals surface area contributed by atoms with Gasteiger partial charge in [0.05, 0.1) is 19.8 Å². The largest absolute Gasteiger partial charge is 0.496 e. The van der Waals surface area contributed by atoms with Crippen LogP contribution >= 0.6 is 0 Å². The van der Waals surface area contributed by atoms with Gasteiger partial charge < -0.3 is 18.9 Å². The number of rotatable bonds is 6. The molecule has 3 rings (SSSR count). The van der Waals surface area contributed by atoms with Crippen LogP contribution in [0, 0.1) is 0 Å². The molecule has 8 heteroatoms. The number of benzene rings is 2. The SMILES string of the molecule is COc1ccc(/C=C2/N=C(c3ccccc3OC)OC2=O)cc1OC(F)F. The molecule has 0 unspecified atom stereocenters. The first kappa shape index (κ1) is 18.4. The Morgan fingerprint density at radius 1 is 1.04 bits per heavy atom. The summed E-state index contributed by atoms with van der Waals surface area (Å²) in [7, 11) is 2.83. The standard InChI is InChI=1S/C19H15F2NO5/c1-24-14-6-4-3-5-12(14)17-22-13(18(23)27-17)9-11-7-8-15(25-2)16(10-11)26-19(20)21/h3-10,19H,1-2H3/b13-9+. The highest BCUT2D eigenvalue weighted by Crippen LogP contribution is 2.31. The van der Waals surface area contributed by atoms with Gasteiger partial charge in [-0.05, 0) is 35.9 Å². The van der Waals surface area contributed by atoms with Gasteiger partial charge >= 0.3 is 12.6 Å². The molecule has 0 saturated carbocycles. The molecule has 2 aromatic rings. The van der Waals surface area contributed by atoms with Crippen molar-refractivity contribution in [1.29, 1.82) is 0 Å². The number of para-hydroxylation sites is 1. The zero-order valence-corrected chi connectivity index (χ0v) is 14.4. The number of alkyl halides is 2. The van der Waals surface area contributed by atoms with Crippen LogP contribution in [0.2, 0.25) is 0 Å². The molecule has 1 heterocycles. The number of nitrogens with zero attached hydrogens (tertiary/aromatic N) is 1. The number of halogens is 2. The number of hydrogen-bond acceptors (Lipinski definition) is 6. The average molecular weight is 375 g/mol. The third kappa shape index (κ3) is 4.05. The molecule has 0 amide bonds. The number of carbonyl (C=O) groups excluding carboxylic acids is 1. The normalized spacial score (nSPS) is 14.9. The third-order valence-electron chi connectivity index (χ3n) is 3.67. The summed E-state index contributed by atoms with van der Waals surface area (Å²) >= 11 is 0. The fraction of sp³-hybridized carbons (Fsp3) is 0.158. The van der Waals surface area contributed by atoms with Crippen molar-refractivity contribution >= 4 is 17.9 Å². The number of methoxy groups -OCH3 is 2. The maximum atomic E-state index is 12.5. The van der Waals surface area contributed by atoms with Crippen molar-refractivity contribution < 1.29 is 32.5 Å². The molecule has 0 aliphatic carbocycles. The van der Waals surface area contributed by atoms with E-state index in [1.165, 1.54) is 32.4 Å². The van der Waals surface area contributed by atoms with Crippen molar-refractivity contribution in [2.75, 3.05) is 14.2 Å². The van der Waals surface area contributed by atoms with Crippen LogP contribution in [0.5, 0.6) is 17.2 Å². The zero-order valence-electron chi connectivity index (χ0n) is 14.4. The predicted octanol–water partition coefficient (Wildman–Crippen LogP) is 3.65. The average Bonchev–Trinajstić information content (AvgIpc) is 3.02. The summed E-state index contributed by atoms with van der Waals surface area (Å²) in [5.74, 6) is -0.0708. The molecule has 0 saturated heterocycles. The van der Waals surface area contributed by atoms with E-state index < -0.39 is 12.6 Å². The van der Waals surface area contributed by atoms with Gasteiger partial charge in [-0.25, -0.2) is 9.79 Å². The molecule has 1 aliphatic rings. The second-order valence-corrected chi connectivity index (χ2v) is 5.33. The van der Waals surface area contributed by atoms with E-state index in [-0.39, 0.29) is 23.1 Å². The Bertz CT molecular complexity index is 924. The van der Waals surface area contributed by atoms with Gasteiger partial charge in [-0.2, -0.15) is 8.78 Å². The van der Waals surface area contributed by atoms with Crippen LogP contribution in [0.1, 0.15) is 11.1 Å². The molecule has 0 bridgehead atoms.